The molecule has 0 N–H and O–H groups in total. The van der Waals surface area contributed by atoms with Gasteiger partial charge in [0.05, 0.1) is 29.8 Å². The van der Waals surface area contributed by atoms with E-state index in [1.807, 2.05) is 58.2 Å². The maximum absolute atomic E-state index is 5.50. The van der Waals surface area contributed by atoms with E-state index in [1.165, 1.54) is 176 Å². The van der Waals surface area contributed by atoms with E-state index in [0.29, 0.717) is 0 Å². The van der Waals surface area contributed by atoms with E-state index in [2.05, 4.69) is 402 Å². The molecule has 0 atom stereocenters. The summed E-state index contributed by atoms with van der Waals surface area (Å²) in [5.74, 6) is 2.94. The predicted octanol–water partition coefficient (Wildman–Crippen LogP) is 34.4. The SMILES string of the molecule is Cc1cc2cccc(C)c2o1.Cc1ccc2c(C)coc2c1.Cc1ccc2cc(C)ccc2c1.Cc1ccc2cc(C)oc2c1.Cc1ccc2ccc(C)cc2c1.Cc1ccc2ccc(C)nc2c1.Cc1ccc2cccc(C)c2c1.Cc1ccc2oc(C)cc2c1.Cc1ccc2occ(C)c2c1.Cc1cnc2cc(C)ccc2c1.Cc1coc2c(C)cccc12. The number of para-hydroxylation sites is 2. The minimum absolute atomic E-state index is 0.977. The van der Waals surface area contributed by atoms with Gasteiger partial charge in [0.2, 0.25) is 0 Å². The number of aromatic nitrogens is 2. The molecule has 22 rings (SSSR count). The quantitative estimate of drug-likeness (QED) is 0.148. The van der Waals surface area contributed by atoms with Crippen LogP contribution in [0.4, 0.5) is 0 Å². The lowest BCUT2D eigenvalue weighted by Crippen LogP contribution is -1.83. The molecule has 14 aromatic carbocycles. The number of rotatable bonds is 0. The van der Waals surface area contributed by atoms with Crippen molar-refractivity contribution >= 4 is 120 Å². The van der Waals surface area contributed by atoms with Crippen molar-refractivity contribution in [3.05, 3.63) is 439 Å². The van der Waals surface area contributed by atoms with E-state index in [4.69, 9.17) is 26.5 Å². The molecule has 0 amide bonds. The second-order valence-corrected chi connectivity index (χ2v) is 33.7. The molecule has 0 saturated carbocycles. The largest absolute Gasteiger partial charge is 0.464 e. The third-order valence-corrected chi connectivity index (χ3v) is 21.8. The normalized spacial score (nSPS) is 10.6. The van der Waals surface area contributed by atoms with Crippen LogP contribution in [0.1, 0.15) is 123 Å². The average Bonchev–Trinajstić information content (AvgIpc) is 1.79. The van der Waals surface area contributed by atoms with Gasteiger partial charge in [0.15, 0.2) is 0 Å². The van der Waals surface area contributed by atoms with Crippen molar-refractivity contribution in [2.75, 3.05) is 0 Å². The standard InChI is InChI=1S/3C12H12.2C11H11N.6C10H10O/c1-9-3-5-12-8-10(2)4-6-11(12)7-9;1-9-3-5-11-6-4-10(2)8-12(11)7-9;1-9-6-7-11-5-3-4-10(2)12(11)8-9;1-8-3-5-10-6-4-9(2)12-11(10)7-8;1-8-3-4-10-5-9(2)7-12-11(10)6-8;1-7-3-4-10-9(5-7)8(2)6-11-10;1-7-3-4-10-9(5-7)6-8(2)11-10;1-7-3-4-9-8(2)6-11-10(9)5-7;1-7-3-4-9-6-8(2)11-10(9)5-7;1-7-4-3-5-9-8(2)6-11-10(7)9;1-7-4-3-5-9-6-8(2)11-10(7)9/h3*3-8H,1-2H3;2*3-7H,1-2H3;6*3-6H,1-2H3. The fourth-order valence-electron chi connectivity index (χ4n) is 15.0. The first kappa shape index (κ1) is 91.1. The smallest absolute Gasteiger partial charge is 0.137 e. The Hall–Kier alpha value is -14.1. The molecular formula is C118H118N2O6. The summed E-state index contributed by atoms with van der Waals surface area (Å²) in [7, 11) is 0. The minimum atomic E-state index is 0.977. The Morgan fingerprint density at radius 3 is 1.21 bits per heavy atom. The Morgan fingerprint density at radius 1 is 0.190 bits per heavy atom. The van der Waals surface area contributed by atoms with Gasteiger partial charge in [0, 0.05) is 55.0 Å². The van der Waals surface area contributed by atoms with Crippen molar-refractivity contribution in [1.82, 2.24) is 9.97 Å². The third-order valence-electron chi connectivity index (χ3n) is 21.8. The summed E-state index contributed by atoms with van der Waals surface area (Å²) in [6, 6.07) is 102. The van der Waals surface area contributed by atoms with Gasteiger partial charge in [-0.2, -0.15) is 0 Å². The number of hydrogen-bond acceptors (Lipinski definition) is 8. The molecule has 8 nitrogen and oxygen atoms in total. The molecule has 126 heavy (non-hydrogen) atoms. The van der Waals surface area contributed by atoms with E-state index in [-0.39, 0.29) is 0 Å². The number of hydrogen-bond donors (Lipinski definition) is 0. The van der Waals surface area contributed by atoms with Crippen LogP contribution in [0.2, 0.25) is 0 Å². The first-order valence-electron chi connectivity index (χ1n) is 43.2. The highest BCUT2D eigenvalue weighted by atomic mass is 16.3. The van der Waals surface area contributed by atoms with Gasteiger partial charge in [-0.3, -0.25) is 9.97 Å². The molecule has 0 aliphatic rings. The van der Waals surface area contributed by atoms with E-state index in [9.17, 15) is 0 Å². The lowest BCUT2D eigenvalue weighted by atomic mass is 10.0. The van der Waals surface area contributed by atoms with Crippen molar-refractivity contribution in [3.63, 3.8) is 0 Å². The van der Waals surface area contributed by atoms with E-state index in [1.54, 1.807) is 18.8 Å². The van der Waals surface area contributed by atoms with Crippen LogP contribution in [0.5, 0.6) is 0 Å². The summed E-state index contributed by atoms with van der Waals surface area (Å²) in [6.07, 6.45) is 7.30. The highest BCUT2D eigenvalue weighted by Gasteiger charge is 2.08. The molecule has 636 valence electrons. The van der Waals surface area contributed by atoms with Gasteiger partial charge in [-0.25, -0.2) is 0 Å². The molecule has 8 aromatic heterocycles. The summed E-state index contributed by atoms with van der Waals surface area (Å²) in [5.41, 5.74) is 32.0. The first-order chi connectivity index (χ1) is 60.4. The Bertz CT molecular complexity index is 7000. The van der Waals surface area contributed by atoms with E-state index in [0.717, 1.165) is 67.5 Å². The van der Waals surface area contributed by atoms with Crippen molar-refractivity contribution in [1.29, 1.82) is 0 Å². The Morgan fingerprint density at radius 2 is 0.587 bits per heavy atom. The molecule has 0 radical (unpaired) electrons. The number of benzene rings is 14. The topological polar surface area (TPSA) is 105 Å². The number of furan rings is 6. The van der Waals surface area contributed by atoms with Crippen LogP contribution in [0.15, 0.2) is 343 Å². The molecule has 8 heteroatoms. The molecule has 0 unspecified atom stereocenters. The van der Waals surface area contributed by atoms with E-state index < -0.39 is 0 Å². The van der Waals surface area contributed by atoms with Crippen molar-refractivity contribution in [3.8, 4) is 0 Å². The molecule has 0 saturated heterocycles. The number of pyridine rings is 2. The van der Waals surface area contributed by atoms with Crippen LogP contribution < -0.4 is 0 Å². The van der Waals surface area contributed by atoms with Crippen molar-refractivity contribution < 1.29 is 26.5 Å². The Kier molecular flexibility index (Phi) is 30.6. The second kappa shape index (κ2) is 42.3. The third kappa shape index (κ3) is 25.1. The van der Waals surface area contributed by atoms with Gasteiger partial charge in [-0.1, -0.05) is 251 Å². The van der Waals surface area contributed by atoms with E-state index >= 15 is 0 Å². The predicted molar refractivity (Wildman–Crippen MR) is 537 cm³/mol. The molecular weight excluding hydrogens is 1540 g/mol. The van der Waals surface area contributed by atoms with Crippen LogP contribution in [0, 0.1) is 152 Å². The van der Waals surface area contributed by atoms with Crippen LogP contribution >= 0.6 is 0 Å². The van der Waals surface area contributed by atoms with Gasteiger partial charge in [-0.15, -0.1) is 0 Å². The lowest BCUT2D eigenvalue weighted by molar-refractivity contribution is 0.576. The van der Waals surface area contributed by atoms with Crippen molar-refractivity contribution in [2.24, 2.45) is 0 Å². The minimum Gasteiger partial charge on any atom is -0.464 e. The van der Waals surface area contributed by atoms with Gasteiger partial charge < -0.3 is 26.5 Å². The highest BCUT2D eigenvalue weighted by Crippen LogP contribution is 2.29. The number of fused-ring (bicyclic) bond motifs is 11. The monoisotopic (exact) mass is 1660 g/mol. The molecule has 0 bridgehead atoms. The van der Waals surface area contributed by atoms with Gasteiger partial charge >= 0.3 is 0 Å². The fraction of sp³-hybridized carbons (Fsp3) is 0.186. The molecule has 0 spiro atoms. The van der Waals surface area contributed by atoms with Gasteiger partial charge in [-0.05, 0) is 325 Å². The zero-order chi connectivity index (χ0) is 89.8. The molecule has 0 aliphatic heterocycles. The zero-order valence-corrected chi connectivity index (χ0v) is 77.4. The van der Waals surface area contributed by atoms with Crippen molar-refractivity contribution in [2.45, 2.75) is 152 Å². The second-order valence-electron chi connectivity index (χ2n) is 33.7. The summed E-state index contributed by atoms with van der Waals surface area (Å²) in [6.45, 7) is 45.6. The summed E-state index contributed by atoms with van der Waals surface area (Å²) < 4.78 is 32.4. The number of nitrogens with zero attached hydrogens (tertiary/aromatic N) is 2. The number of aryl methyl sites for hydroxylation is 22. The Balaban J connectivity index is 0.000000126. The summed E-state index contributed by atoms with van der Waals surface area (Å²) >= 11 is 0. The van der Waals surface area contributed by atoms with Crippen LogP contribution in [0.3, 0.4) is 0 Å². The fourth-order valence-corrected chi connectivity index (χ4v) is 15.0. The van der Waals surface area contributed by atoms with Crippen LogP contribution in [-0.2, 0) is 0 Å². The average molecular weight is 1660 g/mol. The summed E-state index contributed by atoms with van der Waals surface area (Å²) in [5, 5.41) is 17.7. The lowest BCUT2D eigenvalue weighted by Gasteiger charge is -2.01. The van der Waals surface area contributed by atoms with Gasteiger partial charge in [0.25, 0.3) is 0 Å². The molecule has 0 fully saturated rings. The maximum Gasteiger partial charge on any atom is 0.137 e. The Labute approximate surface area is 743 Å². The maximum atomic E-state index is 5.50. The summed E-state index contributed by atoms with van der Waals surface area (Å²) in [4.78, 5) is 8.78. The molecule has 8 heterocycles. The van der Waals surface area contributed by atoms with Crippen LogP contribution in [-0.4, -0.2) is 9.97 Å². The molecule has 0 aliphatic carbocycles. The zero-order valence-electron chi connectivity index (χ0n) is 77.4. The molecule has 22 aromatic rings. The first-order valence-corrected chi connectivity index (χ1v) is 43.2. The van der Waals surface area contributed by atoms with Gasteiger partial charge in [0.1, 0.15) is 50.8 Å². The van der Waals surface area contributed by atoms with Crippen LogP contribution in [0.25, 0.3) is 120 Å². The highest BCUT2D eigenvalue weighted by molar-refractivity contribution is 5.89.